The SMILES string of the molecule is COc1cccc(C(=O)Oc2ccc(/C=C\C#N)cc2OC)c1. The normalized spacial score (nSPS) is 10.1. The number of carbonyl (C=O) groups excluding carboxylic acids is 1. The molecular weight excluding hydrogens is 294 g/mol. The average Bonchev–Trinajstić information content (AvgIpc) is 2.60. The number of hydrogen-bond donors (Lipinski definition) is 0. The zero-order chi connectivity index (χ0) is 16.7. The van der Waals surface area contributed by atoms with E-state index in [0.29, 0.717) is 22.8 Å². The lowest BCUT2D eigenvalue weighted by molar-refractivity contribution is 0.0729. The quantitative estimate of drug-likeness (QED) is 0.480. The molecule has 0 atom stereocenters. The molecule has 5 heteroatoms. The Balaban J connectivity index is 2.23. The molecule has 0 heterocycles. The van der Waals surface area contributed by atoms with Crippen molar-refractivity contribution in [3.05, 3.63) is 59.7 Å². The van der Waals surface area contributed by atoms with Gasteiger partial charge in [-0.05, 0) is 42.0 Å². The third-order valence-electron chi connectivity index (χ3n) is 3.05. The van der Waals surface area contributed by atoms with Crippen molar-refractivity contribution >= 4 is 12.0 Å². The first-order valence-electron chi connectivity index (χ1n) is 6.78. The van der Waals surface area contributed by atoms with Gasteiger partial charge in [0.15, 0.2) is 11.5 Å². The van der Waals surface area contributed by atoms with Crippen molar-refractivity contribution in [2.45, 2.75) is 0 Å². The lowest BCUT2D eigenvalue weighted by Crippen LogP contribution is -2.09. The summed E-state index contributed by atoms with van der Waals surface area (Å²) in [5.74, 6) is 0.765. The summed E-state index contributed by atoms with van der Waals surface area (Å²) in [6.45, 7) is 0. The second-order valence-corrected chi connectivity index (χ2v) is 4.49. The van der Waals surface area contributed by atoms with Crippen LogP contribution in [0.2, 0.25) is 0 Å². The Labute approximate surface area is 134 Å². The summed E-state index contributed by atoms with van der Waals surface area (Å²) in [6.07, 6.45) is 2.99. The minimum Gasteiger partial charge on any atom is -0.497 e. The number of esters is 1. The Hall–Kier alpha value is -3.26. The third kappa shape index (κ3) is 4.11. The third-order valence-corrected chi connectivity index (χ3v) is 3.05. The highest BCUT2D eigenvalue weighted by molar-refractivity contribution is 5.91. The first-order valence-corrected chi connectivity index (χ1v) is 6.78. The molecule has 116 valence electrons. The Bertz CT molecular complexity index is 775. The Morgan fingerprint density at radius 1 is 1.09 bits per heavy atom. The van der Waals surface area contributed by atoms with Crippen molar-refractivity contribution in [3.63, 3.8) is 0 Å². The number of nitriles is 1. The predicted molar refractivity (Wildman–Crippen MR) is 85.6 cm³/mol. The maximum Gasteiger partial charge on any atom is 0.343 e. The largest absolute Gasteiger partial charge is 0.497 e. The molecule has 0 aromatic heterocycles. The van der Waals surface area contributed by atoms with Gasteiger partial charge in [-0.3, -0.25) is 0 Å². The van der Waals surface area contributed by atoms with Crippen LogP contribution in [-0.4, -0.2) is 20.2 Å². The van der Waals surface area contributed by atoms with E-state index < -0.39 is 5.97 Å². The monoisotopic (exact) mass is 309 g/mol. The second kappa shape index (κ2) is 7.66. The molecule has 0 saturated carbocycles. The van der Waals surface area contributed by atoms with Gasteiger partial charge < -0.3 is 14.2 Å². The van der Waals surface area contributed by atoms with Crippen molar-refractivity contribution < 1.29 is 19.0 Å². The Morgan fingerprint density at radius 2 is 1.91 bits per heavy atom. The van der Waals surface area contributed by atoms with Crippen molar-refractivity contribution in [1.82, 2.24) is 0 Å². The molecule has 0 aliphatic rings. The van der Waals surface area contributed by atoms with Crippen LogP contribution in [0.15, 0.2) is 48.5 Å². The lowest BCUT2D eigenvalue weighted by Gasteiger charge is -2.10. The number of hydrogen-bond acceptors (Lipinski definition) is 5. The molecule has 0 fully saturated rings. The number of ether oxygens (including phenoxy) is 3. The minimum absolute atomic E-state index is 0.300. The van der Waals surface area contributed by atoms with E-state index in [0.717, 1.165) is 5.56 Å². The van der Waals surface area contributed by atoms with Gasteiger partial charge in [0.05, 0.1) is 25.9 Å². The van der Waals surface area contributed by atoms with Gasteiger partial charge >= 0.3 is 5.97 Å². The summed E-state index contributed by atoms with van der Waals surface area (Å²) in [7, 11) is 3.01. The molecule has 0 saturated heterocycles. The summed E-state index contributed by atoms with van der Waals surface area (Å²) in [5.41, 5.74) is 1.14. The van der Waals surface area contributed by atoms with Crippen molar-refractivity contribution in [2.24, 2.45) is 0 Å². The number of methoxy groups -OCH3 is 2. The van der Waals surface area contributed by atoms with Gasteiger partial charge in [0.2, 0.25) is 0 Å². The molecule has 0 amide bonds. The summed E-state index contributed by atoms with van der Waals surface area (Å²) >= 11 is 0. The predicted octanol–water partition coefficient (Wildman–Crippen LogP) is 3.46. The molecule has 0 aliphatic carbocycles. The van der Waals surface area contributed by atoms with Gasteiger partial charge in [0.25, 0.3) is 0 Å². The molecule has 0 aliphatic heterocycles. The number of rotatable bonds is 5. The van der Waals surface area contributed by atoms with Crippen LogP contribution in [0.3, 0.4) is 0 Å². The topological polar surface area (TPSA) is 68.5 Å². The van der Waals surface area contributed by atoms with Crippen molar-refractivity contribution in [1.29, 1.82) is 5.26 Å². The number of benzene rings is 2. The fraction of sp³-hybridized carbons (Fsp3) is 0.111. The van der Waals surface area contributed by atoms with E-state index in [-0.39, 0.29) is 0 Å². The van der Waals surface area contributed by atoms with Crippen molar-refractivity contribution in [3.8, 4) is 23.3 Å². The number of nitrogens with zero attached hydrogens (tertiary/aromatic N) is 1. The van der Waals surface area contributed by atoms with Gasteiger partial charge in [-0.2, -0.15) is 5.26 Å². The molecule has 0 bridgehead atoms. The average molecular weight is 309 g/mol. The first-order chi connectivity index (χ1) is 11.2. The van der Waals surface area contributed by atoms with Gasteiger partial charge in [0.1, 0.15) is 5.75 Å². The minimum atomic E-state index is -0.512. The molecule has 2 aromatic rings. The summed E-state index contributed by atoms with van der Waals surface area (Å²) in [6, 6.07) is 13.6. The number of allylic oxidation sites excluding steroid dienone is 1. The smallest absolute Gasteiger partial charge is 0.343 e. The van der Waals surface area contributed by atoms with E-state index >= 15 is 0 Å². The maximum absolute atomic E-state index is 12.2. The van der Waals surface area contributed by atoms with Crippen LogP contribution in [0.4, 0.5) is 0 Å². The fourth-order valence-corrected chi connectivity index (χ4v) is 1.91. The molecule has 2 rings (SSSR count). The molecular formula is C18H15NO4. The van der Waals surface area contributed by atoms with E-state index in [1.807, 2.05) is 6.07 Å². The first kappa shape index (κ1) is 16.1. The van der Waals surface area contributed by atoms with Crippen LogP contribution in [0.5, 0.6) is 17.2 Å². The molecule has 23 heavy (non-hydrogen) atoms. The molecule has 0 N–H and O–H groups in total. The van der Waals surface area contributed by atoms with Crippen LogP contribution >= 0.6 is 0 Å². The Kier molecular flexibility index (Phi) is 5.37. The molecule has 0 radical (unpaired) electrons. The maximum atomic E-state index is 12.2. The van der Waals surface area contributed by atoms with Gasteiger partial charge in [0, 0.05) is 6.08 Å². The van der Waals surface area contributed by atoms with Crippen molar-refractivity contribution in [2.75, 3.05) is 14.2 Å². The highest BCUT2D eigenvalue weighted by atomic mass is 16.6. The van der Waals surface area contributed by atoms with E-state index in [4.69, 9.17) is 19.5 Å². The molecule has 2 aromatic carbocycles. The zero-order valence-electron chi connectivity index (χ0n) is 12.8. The van der Waals surface area contributed by atoms with Gasteiger partial charge in [-0.25, -0.2) is 4.79 Å². The van der Waals surface area contributed by atoms with Crippen LogP contribution in [0.25, 0.3) is 6.08 Å². The van der Waals surface area contributed by atoms with E-state index in [2.05, 4.69) is 0 Å². The molecule has 0 unspecified atom stereocenters. The zero-order valence-corrected chi connectivity index (χ0v) is 12.8. The van der Waals surface area contributed by atoms with E-state index in [9.17, 15) is 4.79 Å². The summed E-state index contributed by atoms with van der Waals surface area (Å²) in [4.78, 5) is 12.2. The summed E-state index contributed by atoms with van der Waals surface area (Å²) in [5, 5.41) is 8.55. The van der Waals surface area contributed by atoms with Crippen LogP contribution in [0.1, 0.15) is 15.9 Å². The standard InChI is InChI=1S/C18H15NO4/c1-21-15-7-3-6-14(12-15)18(20)23-16-9-8-13(5-4-10-19)11-17(16)22-2/h3-9,11-12H,1-2H3/b5-4-. The highest BCUT2D eigenvalue weighted by Gasteiger charge is 2.13. The molecule has 5 nitrogen and oxygen atoms in total. The van der Waals surface area contributed by atoms with Gasteiger partial charge in [-0.1, -0.05) is 12.1 Å². The summed E-state index contributed by atoms with van der Waals surface area (Å²) < 4.78 is 15.7. The van der Waals surface area contributed by atoms with E-state index in [1.165, 1.54) is 20.3 Å². The lowest BCUT2D eigenvalue weighted by atomic mass is 10.2. The Morgan fingerprint density at radius 3 is 2.61 bits per heavy atom. The fourth-order valence-electron chi connectivity index (χ4n) is 1.91. The van der Waals surface area contributed by atoms with E-state index in [1.54, 1.807) is 48.5 Å². The second-order valence-electron chi connectivity index (χ2n) is 4.49. The van der Waals surface area contributed by atoms with Crippen LogP contribution in [0, 0.1) is 11.3 Å². The van der Waals surface area contributed by atoms with Crippen LogP contribution < -0.4 is 14.2 Å². The van der Waals surface area contributed by atoms with Crippen LogP contribution in [-0.2, 0) is 0 Å². The van der Waals surface area contributed by atoms with Gasteiger partial charge in [-0.15, -0.1) is 0 Å². The number of carbonyl (C=O) groups is 1. The highest BCUT2D eigenvalue weighted by Crippen LogP contribution is 2.29. The molecule has 0 spiro atoms.